The molecular formula is C50H32N4O4S4. The van der Waals surface area contributed by atoms with Gasteiger partial charge < -0.3 is 19.7 Å². The minimum Gasteiger partial charge on any atom is -0.477 e. The van der Waals surface area contributed by atoms with E-state index in [0.717, 1.165) is 82.4 Å². The van der Waals surface area contributed by atoms with Crippen LogP contribution in [-0.4, -0.2) is 26.7 Å². The van der Waals surface area contributed by atoms with Gasteiger partial charge in [0.2, 0.25) is 0 Å². The lowest BCUT2D eigenvalue weighted by Crippen LogP contribution is -2.10. The number of nitrogens with zero attached hydrogens (tertiary/aromatic N) is 4. The number of fused-ring (bicyclic) bond motifs is 3. The molecule has 2 N–H and O–H groups in total. The SMILES string of the molecule is CCn1c2ccccc2c2ccc(N(c3ccc(-c4ccc(/C=C(\C#N)c5ccc(C(=O)O)s5)s4)cc3)c3ccc(-c4ccc(/C=C(\C#N)c5ccc(C(=O)O)s5)s4)cc3)cc21. The van der Waals surface area contributed by atoms with Crippen molar-refractivity contribution in [3.8, 4) is 33.0 Å². The Morgan fingerprint density at radius 2 is 1.03 bits per heavy atom. The molecule has 5 heterocycles. The van der Waals surface area contributed by atoms with Gasteiger partial charge in [0.15, 0.2) is 0 Å². The summed E-state index contributed by atoms with van der Waals surface area (Å²) in [6.45, 7) is 2.99. The molecule has 8 nitrogen and oxygen atoms in total. The number of hydrogen-bond donors (Lipinski definition) is 2. The number of hydrogen-bond acceptors (Lipinski definition) is 9. The topological polar surface area (TPSA) is 130 Å². The predicted octanol–water partition coefficient (Wildman–Crippen LogP) is 14.4. The summed E-state index contributed by atoms with van der Waals surface area (Å²) in [5.41, 5.74) is 8.21. The maximum absolute atomic E-state index is 11.4. The highest BCUT2D eigenvalue weighted by Gasteiger charge is 2.18. The number of aryl methyl sites for hydroxylation is 1. The number of thiophene rings is 4. The maximum Gasteiger partial charge on any atom is 0.345 e. The van der Waals surface area contributed by atoms with Gasteiger partial charge in [0.25, 0.3) is 0 Å². The van der Waals surface area contributed by atoms with E-state index in [0.29, 0.717) is 20.9 Å². The third kappa shape index (κ3) is 7.76. The molecule has 300 valence electrons. The lowest BCUT2D eigenvalue weighted by atomic mass is 10.1. The number of para-hydroxylation sites is 1. The molecule has 0 saturated heterocycles. The van der Waals surface area contributed by atoms with Gasteiger partial charge >= 0.3 is 11.9 Å². The van der Waals surface area contributed by atoms with E-state index < -0.39 is 11.9 Å². The number of rotatable bonds is 12. The van der Waals surface area contributed by atoms with E-state index in [1.165, 1.54) is 28.4 Å². The summed E-state index contributed by atoms with van der Waals surface area (Å²) in [6.07, 6.45) is 3.61. The molecule has 0 amide bonds. The van der Waals surface area contributed by atoms with Crippen LogP contribution in [0.15, 0.2) is 140 Å². The monoisotopic (exact) mass is 880 g/mol. The van der Waals surface area contributed by atoms with Crippen LogP contribution in [0.25, 0.3) is 66.0 Å². The summed E-state index contributed by atoms with van der Waals surface area (Å²) in [7, 11) is 0. The number of aromatic nitrogens is 1. The minimum absolute atomic E-state index is 0.192. The lowest BCUT2D eigenvalue weighted by molar-refractivity contribution is 0.0691. The van der Waals surface area contributed by atoms with Crippen LogP contribution in [0.5, 0.6) is 0 Å². The average Bonchev–Trinajstić information content (AvgIpc) is 4.16. The van der Waals surface area contributed by atoms with Gasteiger partial charge in [-0.15, -0.1) is 45.3 Å². The van der Waals surface area contributed by atoms with Crippen molar-refractivity contribution >= 4 is 119 Å². The Kier molecular flexibility index (Phi) is 11.0. The zero-order chi connectivity index (χ0) is 42.9. The van der Waals surface area contributed by atoms with Crippen molar-refractivity contribution in [3.63, 3.8) is 0 Å². The van der Waals surface area contributed by atoms with Gasteiger partial charge in [0.05, 0.1) is 16.7 Å². The zero-order valence-electron chi connectivity index (χ0n) is 32.8. The molecule has 62 heavy (non-hydrogen) atoms. The summed E-state index contributed by atoms with van der Waals surface area (Å²) in [5, 5.41) is 40.9. The molecule has 9 rings (SSSR count). The van der Waals surface area contributed by atoms with E-state index in [-0.39, 0.29) is 9.75 Å². The molecule has 0 bridgehead atoms. The van der Waals surface area contributed by atoms with E-state index in [4.69, 9.17) is 0 Å². The quantitative estimate of drug-likeness (QED) is 0.117. The molecule has 0 atom stereocenters. The molecule has 9 aromatic rings. The van der Waals surface area contributed by atoms with E-state index in [1.807, 2.05) is 24.3 Å². The van der Waals surface area contributed by atoms with Crippen LogP contribution < -0.4 is 4.90 Å². The first kappa shape index (κ1) is 40.1. The Morgan fingerprint density at radius 1 is 0.565 bits per heavy atom. The number of carboxylic acid groups (broad SMARTS) is 2. The fourth-order valence-electron chi connectivity index (χ4n) is 7.48. The van der Waals surface area contributed by atoms with Gasteiger partial charge in [0, 0.05) is 69.2 Å². The van der Waals surface area contributed by atoms with Gasteiger partial charge in [-0.2, -0.15) is 10.5 Å². The van der Waals surface area contributed by atoms with E-state index in [1.54, 1.807) is 47.0 Å². The first-order valence-electron chi connectivity index (χ1n) is 19.3. The molecule has 0 aliphatic rings. The number of anilines is 3. The standard InChI is InChI=1S/C50H32N4O4S4/c1-2-53-41-6-4-3-5-39(41)40-18-15-36(27-42(40)53)54(34-11-7-30(8-12-34)43-19-16-37(59-43)25-32(28-51)45-21-23-47(61-45)49(55)56)35-13-9-31(10-14-35)44-20-17-38(60-44)26-33(29-52)46-22-24-48(62-46)50(57)58/h3-27H,2H2,1H3,(H,55,56)(H,57,58)/b32-25+,33-26+. The first-order chi connectivity index (χ1) is 30.2. The minimum atomic E-state index is -1.01. The van der Waals surface area contributed by atoms with Crippen LogP contribution in [0.2, 0.25) is 0 Å². The molecule has 0 aliphatic heterocycles. The van der Waals surface area contributed by atoms with Crippen molar-refractivity contribution in [1.82, 2.24) is 4.57 Å². The number of aromatic carboxylic acids is 2. The van der Waals surface area contributed by atoms with Crippen molar-refractivity contribution < 1.29 is 19.8 Å². The lowest BCUT2D eigenvalue weighted by Gasteiger charge is -2.26. The molecule has 5 aromatic heterocycles. The fourth-order valence-corrected chi connectivity index (χ4v) is 11.0. The van der Waals surface area contributed by atoms with Crippen LogP contribution in [-0.2, 0) is 6.54 Å². The van der Waals surface area contributed by atoms with E-state index in [2.05, 4.69) is 120 Å². The number of benzene rings is 4. The Hall–Kier alpha value is -7.32. The van der Waals surface area contributed by atoms with Crippen LogP contribution in [0.1, 0.15) is 45.8 Å². The molecular weight excluding hydrogens is 849 g/mol. The Bertz CT molecular complexity index is 3170. The normalized spacial score (nSPS) is 11.8. The molecule has 12 heteroatoms. The number of carboxylic acids is 2. The van der Waals surface area contributed by atoms with Crippen molar-refractivity contribution in [2.45, 2.75) is 13.5 Å². The highest BCUT2D eigenvalue weighted by Crippen LogP contribution is 2.41. The van der Waals surface area contributed by atoms with Crippen molar-refractivity contribution in [2.75, 3.05) is 4.90 Å². The smallest absolute Gasteiger partial charge is 0.345 e. The Labute approximate surface area is 372 Å². The van der Waals surface area contributed by atoms with Crippen LogP contribution >= 0.6 is 45.3 Å². The third-order valence-electron chi connectivity index (χ3n) is 10.4. The summed E-state index contributed by atoms with van der Waals surface area (Å²) in [6, 6.07) is 50.9. The summed E-state index contributed by atoms with van der Waals surface area (Å²) in [5.74, 6) is -2.02. The molecule has 0 fully saturated rings. The molecule has 0 unspecified atom stereocenters. The van der Waals surface area contributed by atoms with Gasteiger partial charge in [-0.3, -0.25) is 0 Å². The van der Waals surface area contributed by atoms with Crippen LogP contribution in [0, 0.1) is 22.7 Å². The van der Waals surface area contributed by atoms with Gasteiger partial charge in [-0.25, -0.2) is 9.59 Å². The highest BCUT2D eigenvalue weighted by atomic mass is 32.1. The second kappa shape index (κ2) is 17.0. The van der Waals surface area contributed by atoms with Crippen molar-refractivity contribution in [3.05, 3.63) is 169 Å². The second-order valence-corrected chi connectivity index (χ2v) is 18.5. The molecule has 0 radical (unpaired) electrons. The second-order valence-electron chi connectivity index (χ2n) is 14.1. The molecule has 4 aromatic carbocycles. The molecule has 0 saturated carbocycles. The van der Waals surface area contributed by atoms with Gasteiger partial charge in [-0.1, -0.05) is 48.5 Å². The predicted molar refractivity (Wildman–Crippen MR) is 256 cm³/mol. The Balaban J connectivity index is 1.05. The third-order valence-corrected chi connectivity index (χ3v) is 14.8. The van der Waals surface area contributed by atoms with Crippen molar-refractivity contribution in [2.24, 2.45) is 0 Å². The fraction of sp³-hybridized carbons (Fsp3) is 0.0400. The van der Waals surface area contributed by atoms with Gasteiger partial charge in [-0.05, 0) is 121 Å². The number of allylic oxidation sites excluding steroid dienone is 2. The largest absolute Gasteiger partial charge is 0.477 e. The number of carbonyl (C=O) groups is 2. The summed E-state index contributed by atoms with van der Waals surface area (Å²) >= 11 is 5.30. The number of nitriles is 2. The Morgan fingerprint density at radius 3 is 1.50 bits per heavy atom. The highest BCUT2D eigenvalue weighted by molar-refractivity contribution is 7.17. The van der Waals surface area contributed by atoms with E-state index in [9.17, 15) is 30.3 Å². The van der Waals surface area contributed by atoms with E-state index >= 15 is 0 Å². The first-order valence-corrected chi connectivity index (χ1v) is 22.6. The van der Waals surface area contributed by atoms with Crippen LogP contribution in [0.4, 0.5) is 17.1 Å². The summed E-state index contributed by atoms with van der Waals surface area (Å²) < 4.78 is 2.35. The molecule has 0 aliphatic carbocycles. The molecule has 0 spiro atoms. The zero-order valence-corrected chi connectivity index (χ0v) is 36.0. The average molecular weight is 881 g/mol. The maximum atomic E-state index is 11.4. The van der Waals surface area contributed by atoms with Crippen LogP contribution in [0.3, 0.4) is 0 Å². The van der Waals surface area contributed by atoms with Gasteiger partial charge in [0.1, 0.15) is 21.9 Å². The summed E-state index contributed by atoms with van der Waals surface area (Å²) in [4.78, 5) is 30.6. The van der Waals surface area contributed by atoms with Crippen molar-refractivity contribution in [1.29, 1.82) is 10.5 Å².